The van der Waals surface area contributed by atoms with E-state index < -0.39 is 17.9 Å². The number of likely N-dealkylation sites (tertiary alicyclic amines) is 1. The maximum absolute atomic E-state index is 11.7. The average molecular weight is 287 g/mol. The number of imide groups is 1. The lowest BCUT2D eigenvalue weighted by atomic mass is 10.1. The first-order chi connectivity index (χ1) is 9.52. The predicted molar refractivity (Wildman–Crippen MR) is 70.3 cm³/mol. The van der Waals surface area contributed by atoms with Crippen LogP contribution in [-0.2, 0) is 14.3 Å². The van der Waals surface area contributed by atoms with Gasteiger partial charge in [-0.25, -0.2) is 4.79 Å². The molecule has 0 aromatic carbocycles. The summed E-state index contributed by atoms with van der Waals surface area (Å²) in [7, 11) is 1.51. The maximum Gasteiger partial charge on any atom is 0.321 e. The number of nitrogens with one attached hydrogen (secondary N) is 2. The smallest absolute Gasteiger partial charge is 0.321 e. The highest BCUT2D eigenvalue weighted by Gasteiger charge is 2.28. The van der Waals surface area contributed by atoms with Gasteiger partial charge in [-0.3, -0.25) is 19.8 Å². The van der Waals surface area contributed by atoms with E-state index in [1.807, 2.05) is 0 Å². The summed E-state index contributed by atoms with van der Waals surface area (Å²) in [6.07, 6.45) is 1.65. The lowest BCUT2D eigenvalue weighted by Gasteiger charge is -2.22. The zero-order valence-corrected chi connectivity index (χ0v) is 11.6. The Morgan fingerprint density at radius 2 is 2.15 bits per heavy atom. The molecule has 1 atom stereocenters. The zero-order valence-electron chi connectivity index (χ0n) is 11.6. The highest BCUT2D eigenvalue weighted by molar-refractivity contribution is 5.95. The van der Waals surface area contributed by atoms with Gasteiger partial charge < -0.3 is 15.2 Å². The van der Waals surface area contributed by atoms with Gasteiger partial charge in [0.1, 0.15) is 0 Å². The number of methoxy groups -OCH3 is 1. The third-order valence-electron chi connectivity index (χ3n) is 3.10. The fourth-order valence-corrected chi connectivity index (χ4v) is 2.20. The van der Waals surface area contributed by atoms with Crippen LogP contribution < -0.4 is 10.6 Å². The van der Waals surface area contributed by atoms with Crippen molar-refractivity contribution in [2.45, 2.75) is 25.3 Å². The van der Waals surface area contributed by atoms with Crippen LogP contribution in [0.4, 0.5) is 4.79 Å². The van der Waals surface area contributed by atoms with Gasteiger partial charge in [-0.1, -0.05) is 0 Å². The molecule has 0 aromatic heterocycles. The van der Waals surface area contributed by atoms with E-state index in [9.17, 15) is 14.4 Å². The van der Waals surface area contributed by atoms with Gasteiger partial charge in [0.2, 0.25) is 5.91 Å². The molecule has 0 radical (unpaired) electrons. The number of carbonyl (C=O) groups excluding carboxylic acids is 2. The molecule has 0 saturated carbocycles. The second kappa shape index (κ2) is 8.49. The third-order valence-corrected chi connectivity index (χ3v) is 3.10. The molecule has 1 aliphatic rings. The molecule has 1 fully saturated rings. The second-order valence-electron chi connectivity index (χ2n) is 4.66. The minimum Gasteiger partial charge on any atom is -0.481 e. The van der Waals surface area contributed by atoms with Crippen LogP contribution in [-0.4, -0.2) is 67.3 Å². The number of urea groups is 1. The van der Waals surface area contributed by atoms with Crippen molar-refractivity contribution in [2.75, 3.05) is 33.4 Å². The van der Waals surface area contributed by atoms with Crippen molar-refractivity contribution >= 4 is 17.9 Å². The van der Waals surface area contributed by atoms with E-state index >= 15 is 0 Å². The Labute approximate surface area is 117 Å². The number of hydrogen-bond donors (Lipinski definition) is 3. The van der Waals surface area contributed by atoms with Crippen LogP contribution in [0.3, 0.4) is 0 Å². The van der Waals surface area contributed by atoms with Crippen LogP contribution in [0.5, 0.6) is 0 Å². The highest BCUT2D eigenvalue weighted by atomic mass is 16.5. The van der Waals surface area contributed by atoms with E-state index in [-0.39, 0.29) is 19.0 Å². The van der Waals surface area contributed by atoms with E-state index in [1.165, 1.54) is 7.11 Å². The number of amides is 3. The van der Waals surface area contributed by atoms with Crippen LogP contribution >= 0.6 is 0 Å². The zero-order chi connectivity index (χ0) is 15.0. The molecule has 1 aliphatic heterocycles. The number of carboxylic acids is 1. The van der Waals surface area contributed by atoms with Crippen molar-refractivity contribution in [2.24, 2.45) is 0 Å². The standard InChI is InChI=1S/C12H21N3O5/c1-20-6-4-13-12(19)14-10(16)8-15-5-2-3-9(15)7-11(17)18/h9H,2-8H2,1H3,(H,17,18)(H2,13,14,16,19). The lowest BCUT2D eigenvalue weighted by molar-refractivity contribution is -0.138. The Kier molecular flexibility index (Phi) is 6.96. The van der Waals surface area contributed by atoms with E-state index in [4.69, 9.17) is 9.84 Å². The summed E-state index contributed by atoms with van der Waals surface area (Å²) in [6.45, 7) is 1.40. The first-order valence-electron chi connectivity index (χ1n) is 6.55. The summed E-state index contributed by atoms with van der Waals surface area (Å²) in [5.41, 5.74) is 0. The molecule has 1 heterocycles. The summed E-state index contributed by atoms with van der Waals surface area (Å²) in [5, 5.41) is 13.5. The van der Waals surface area contributed by atoms with Crippen molar-refractivity contribution in [3.63, 3.8) is 0 Å². The van der Waals surface area contributed by atoms with Crippen LogP contribution in [0.25, 0.3) is 0 Å². The predicted octanol–water partition coefficient (Wildman–Crippen LogP) is -0.602. The molecule has 0 aromatic rings. The minimum atomic E-state index is -0.875. The van der Waals surface area contributed by atoms with Gasteiger partial charge in [0.25, 0.3) is 0 Å². The van der Waals surface area contributed by atoms with Crippen LogP contribution in [0.1, 0.15) is 19.3 Å². The Morgan fingerprint density at radius 3 is 2.80 bits per heavy atom. The molecule has 0 bridgehead atoms. The molecule has 3 amide bonds. The number of nitrogens with zero attached hydrogens (tertiary/aromatic N) is 1. The van der Waals surface area contributed by atoms with Crippen molar-refractivity contribution in [3.8, 4) is 0 Å². The van der Waals surface area contributed by atoms with Gasteiger partial charge in [0, 0.05) is 19.7 Å². The Morgan fingerprint density at radius 1 is 1.40 bits per heavy atom. The molecule has 114 valence electrons. The quantitative estimate of drug-likeness (QED) is 0.540. The van der Waals surface area contributed by atoms with E-state index in [1.54, 1.807) is 4.90 Å². The summed E-state index contributed by atoms with van der Waals surface area (Å²) in [5.74, 6) is -1.31. The van der Waals surface area contributed by atoms with Crippen molar-refractivity contribution in [1.29, 1.82) is 0 Å². The van der Waals surface area contributed by atoms with Crippen LogP contribution in [0.15, 0.2) is 0 Å². The van der Waals surface area contributed by atoms with Gasteiger partial charge >= 0.3 is 12.0 Å². The van der Waals surface area contributed by atoms with Crippen LogP contribution in [0, 0.1) is 0 Å². The first kappa shape index (κ1) is 16.4. The number of hydrogen-bond acceptors (Lipinski definition) is 5. The molecular weight excluding hydrogens is 266 g/mol. The molecular formula is C12H21N3O5. The van der Waals surface area contributed by atoms with E-state index in [0.717, 1.165) is 12.8 Å². The van der Waals surface area contributed by atoms with Gasteiger partial charge in [-0.15, -0.1) is 0 Å². The Bertz CT molecular complexity index is 361. The van der Waals surface area contributed by atoms with E-state index in [2.05, 4.69) is 10.6 Å². The molecule has 1 rings (SSSR count). The summed E-state index contributed by atoms with van der Waals surface area (Å²) in [4.78, 5) is 35.5. The largest absolute Gasteiger partial charge is 0.481 e. The summed E-state index contributed by atoms with van der Waals surface area (Å²) >= 11 is 0. The molecule has 8 heteroatoms. The molecule has 8 nitrogen and oxygen atoms in total. The molecule has 1 saturated heterocycles. The Balaban J connectivity index is 2.30. The lowest BCUT2D eigenvalue weighted by Crippen LogP contribution is -2.46. The van der Waals surface area contributed by atoms with Crippen molar-refractivity contribution < 1.29 is 24.2 Å². The fourth-order valence-electron chi connectivity index (χ4n) is 2.20. The molecule has 1 unspecified atom stereocenters. The second-order valence-corrected chi connectivity index (χ2v) is 4.66. The molecule has 0 aliphatic carbocycles. The molecule has 20 heavy (non-hydrogen) atoms. The molecule has 3 N–H and O–H groups in total. The van der Waals surface area contributed by atoms with Gasteiger partial charge in [-0.05, 0) is 19.4 Å². The Hall–Kier alpha value is -1.67. The number of rotatable bonds is 7. The number of carbonyl (C=O) groups is 3. The number of carboxylic acid groups (broad SMARTS) is 1. The van der Waals surface area contributed by atoms with Gasteiger partial charge in [0.15, 0.2) is 0 Å². The fraction of sp³-hybridized carbons (Fsp3) is 0.750. The normalized spacial score (nSPS) is 18.8. The monoisotopic (exact) mass is 287 g/mol. The summed E-state index contributed by atoms with van der Waals surface area (Å²) < 4.78 is 4.76. The SMILES string of the molecule is COCCNC(=O)NC(=O)CN1CCCC1CC(=O)O. The molecule has 0 spiro atoms. The highest BCUT2D eigenvalue weighted by Crippen LogP contribution is 2.19. The first-order valence-corrected chi connectivity index (χ1v) is 6.55. The van der Waals surface area contributed by atoms with Gasteiger partial charge in [0.05, 0.1) is 19.6 Å². The van der Waals surface area contributed by atoms with Crippen molar-refractivity contribution in [1.82, 2.24) is 15.5 Å². The van der Waals surface area contributed by atoms with Crippen molar-refractivity contribution in [3.05, 3.63) is 0 Å². The van der Waals surface area contributed by atoms with Gasteiger partial charge in [-0.2, -0.15) is 0 Å². The minimum absolute atomic E-state index is 0.0211. The topological polar surface area (TPSA) is 108 Å². The van der Waals surface area contributed by atoms with E-state index in [0.29, 0.717) is 19.7 Å². The third kappa shape index (κ3) is 5.98. The number of aliphatic carboxylic acids is 1. The maximum atomic E-state index is 11.7. The van der Waals surface area contributed by atoms with Crippen LogP contribution in [0.2, 0.25) is 0 Å². The average Bonchev–Trinajstić information content (AvgIpc) is 2.75. The number of ether oxygens (including phenoxy) is 1. The summed E-state index contributed by atoms with van der Waals surface area (Å²) in [6, 6.07) is -0.698.